The topological polar surface area (TPSA) is 74.2 Å². The predicted octanol–water partition coefficient (Wildman–Crippen LogP) is 0.839. The average molecular weight is 214 g/mol. The van der Waals surface area contributed by atoms with Gasteiger partial charge in [-0.3, -0.25) is 4.40 Å². The van der Waals surface area contributed by atoms with Gasteiger partial charge in [-0.15, -0.1) is 10.2 Å². The van der Waals surface area contributed by atoms with Gasteiger partial charge in [-0.2, -0.15) is 5.26 Å². The van der Waals surface area contributed by atoms with Crippen molar-refractivity contribution in [1.29, 1.82) is 5.26 Å². The largest absolute Gasteiger partial charge is 0.393 e. The van der Waals surface area contributed by atoms with Crippen molar-refractivity contribution in [3.05, 3.63) is 29.7 Å². The van der Waals surface area contributed by atoms with Gasteiger partial charge in [0.05, 0.1) is 17.7 Å². The van der Waals surface area contributed by atoms with Crippen LogP contribution in [-0.4, -0.2) is 25.8 Å². The molecule has 1 saturated carbocycles. The van der Waals surface area contributed by atoms with E-state index in [4.69, 9.17) is 5.26 Å². The molecule has 80 valence electrons. The van der Waals surface area contributed by atoms with E-state index in [0.717, 1.165) is 18.7 Å². The van der Waals surface area contributed by atoms with Crippen molar-refractivity contribution in [2.75, 3.05) is 0 Å². The van der Waals surface area contributed by atoms with E-state index < -0.39 is 0 Å². The fraction of sp³-hybridized carbons (Fsp3) is 0.364. The van der Waals surface area contributed by atoms with Gasteiger partial charge in [-0.1, -0.05) is 0 Å². The second-order valence-electron chi connectivity index (χ2n) is 4.14. The third kappa shape index (κ3) is 1.27. The number of aliphatic hydroxyl groups is 1. The molecule has 2 aromatic heterocycles. The number of nitrogens with zero attached hydrogens (tertiary/aromatic N) is 4. The zero-order chi connectivity index (χ0) is 11.1. The Hall–Kier alpha value is -1.93. The quantitative estimate of drug-likeness (QED) is 0.763. The molecular weight excluding hydrogens is 204 g/mol. The van der Waals surface area contributed by atoms with Gasteiger partial charge in [-0.05, 0) is 18.9 Å². The molecule has 5 nitrogen and oxygen atoms in total. The smallest absolute Gasteiger partial charge is 0.162 e. The second-order valence-corrected chi connectivity index (χ2v) is 4.14. The van der Waals surface area contributed by atoms with Gasteiger partial charge >= 0.3 is 0 Å². The summed E-state index contributed by atoms with van der Waals surface area (Å²) in [7, 11) is 0. The van der Waals surface area contributed by atoms with Crippen LogP contribution in [0.25, 0.3) is 5.65 Å². The lowest BCUT2D eigenvalue weighted by atomic mass is 9.82. The summed E-state index contributed by atoms with van der Waals surface area (Å²) in [4.78, 5) is 0. The molecule has 0 spiro atoms. The summed E-state index contributed by atoms with van der Waals surface area (Å²) in [5.74, 6) is 1.17. The van der Waals surface area contributed by atoms with Crippen molar-refractivity contribution < 1.29 is 5.11 Å². The first-order valence-corrected chi connectivity index (χ1v) is 5.21. The molecule has 1 N–H and O–H groups in total. The van der Waals surface area contributed by atoms with E-state index in [2.05, 4.69) is 16.3 Å². The molecular formula is C11H10N4O. The van der Waals surface area contributed by atoms with Gasteiger partial charge in [0.2, 0.25) is 0 Å². The number of rotatable bonds is 1. The molecule has 5 heteroatoms. The molecule has 0 bridgehead atoms. The lowest BCUT2D eigenvalue weighted by molar-refractivity contribution is 0.0713. The van der Waals surface area contributed by atoms with E-state index in [1.54, 1.807) is 12.1 Å². The van der Waals surface area contributed by atoms with Gasteiger partial charge in [0.15, 0.2) is 5.65 Å². The maximum absolute atomic E-state index is 9.27. The van der Waals surface area contributed by atoms with Gasteiger partial charge < -0.3 is 5.11 Å². The number of aliphatic hydroxyl groups excluding tert-OH is 1. The van der Waals surface area contributed by atoms with Crippen LogP contribution in [0.1, 0.15) is 30.1 Å². The Bertz CT molecular complexity index is 577. The molecule has 0 aliphatic heterocycles. The predicted molar refractivity (Wildman–Crippen MR) is 55.7 cm³/mol. The van der Waals surface area contributed by atoms with E-state index in [9.17, 15) is 5.11 Å². The Labute approximate surface area is 92.0 Å². The Morgan fingerprint density at radius 2 is 2.25 bits per heavy atom. The molecule has 1 fully saturated rings. The number of aromatic nitrogens is 3. The number of hydrogen-bond donors (Lipinski definition) is 1. The van der Waals surface area contributed by atoms with Crippen LogP contribution in [0, 0.1) is 11.3 Å². The third-order valence-electron chi connectivity index (χ3n) is 3.04. The van der Waals surface area contributed by atoms with Crippen LogP contribution in [0.3, 0.4) is 0 Å². The van der Waals surface area contributed by atoms with Crippen LogP contribution < -0.4 is 0 Å². The van der Waals surface area contributed by atoms with E-state index in [1.807, 2.05) is 10.6 Å². The molecule has 1 aliphatic carbocycles. The molecule has 0 saturated heterocycles. The average Bonchev–Trinajstić information content (AvgIpc) is 2.67. The van der Waals surface area contributed by atoms with Crippen molar-refractivity contribution in [3.8, 4) is 6.07 Å². The summed E-state index contributed by atoms with van der Waals surface area (Å²) in [5.41, 5.74) is 1.27. The Balaban J connectivity index is 2.05. The van der Waals surface area contributed by atoms with Crippen LogP contribution >= 0.6 is 0 Å². The summed E-state index contributed by atoms with van der Waals surface area (Å²) >= 11 is 0. The SMILES string of the molecule is N#Cc1ccn2c(C3CC(O)C3)nnc2c1. The summed E-state index contributed by atoms with van der Waals surface area (Å²) in [6, 6.07) is 5.53. The zero-order valence-corrected chi connectivity index (χ0v) is 8.54. The standard InChI is InChI=1S/C11H10N4O/c12-6-7-1-2-15-10(3-7)13-14-11(15)8-4-9(16)5-8/h1-3,8-9,16H,4-5H2. The van der Waals surface area contributed by atoms with Crippen molar-refractivity contribution >= 4 is 5.65 Å². The summed E-state index contributed by atoms with van der Waals surface area (Å²) in [6.45, 7) is 0. The molecule has 0 radical (unpaired) electrons. The number of fused-ring (bicyclic) bond motifs is 1. The summed E-state index contributed by atoms with van der Waals surface area (Å²) in [5, 5.41) is 26.2. The molecule has 3 rings (SSSR count). The highest BCUT2D eigenvalue weighted by Crippen LogP contribution is 2.35. The van der Waals surface area contributed by atoms with Gasteiger partial charge in [0.1, 0.15) is 5.82 Å². The Kier molecular flexibility index (Phi) is 1.91. The number of pyridine rings is 1. The van der Waals surface area contributed by atoms with Crippen LogP contribution in [0.5, 0.6) is 0 Å². The first-order valence-electron chi connectivity index (χ1n) is 5.21. The first-order chi connectivity index (χ1) is 7.78. The van der Waals surface area contributed by atoms with Crippen molar-refractivity contribution in [2.24, 2.45) is 0 Å². The monoisotopic (exact) mass is 214 g/mol. The maximum Gasteiger partial charge on any atom is 0.162 e. The van der Waals surface area contributed by atoms with Crippen LogP contribution in [0.4, 0.5) is 0 Å². The lowest BCUT2D eigenvalue weighted by Gasteiger charge is -2.29. The molecule has 0 amide bonds. The Morgan fingerprint density at radius 1 is 1.44 bits per heavy atom. The molecule has 2 aromatic rings. The normalized spacial score (nSPS) is 24.0. The van der Waals surface area contributed by atoms with E-state index in [-0.39, 0.29) is 12.0 Å². The minimum Gasteiger partial charge on any atom is -0.393 e. The first kappa shape index (κ1) is 9.31. The van der Waals surface area contributed by atoms with E-state index in [1.165, 1.54) is 0 Å². The second kappa shape index (κ2) is 3.29. The van der Waals surface area contributed by atoms with E-state index in [0.29, 0.717) is 11.2 Å². The molecule has 0 atom stereocenters. The fourth-order valence-electron chi connectivity index (χ4n) is 2.06. The molecule has 16 heavy (non-hydrogen) atoms. The zero-order valence-electron chi connectivity index (χ0n) is 8.54. The van der Waals surface area contributed by atoms with Crippen molar-refractivity contribution in [1.82, 2.24) is 14.6 Å². The van der Waals surface area contributed by atoms with E-state index >= 15 is 0 Å². The number of nitriles is 1. The Morgan fingerprint density at radius 3 is 2.94 bits per heavy atom. The maximum atomic E-state index is 9.27. The van der Waals surface area contributed by atoms with Crippen molar-refractivity contribution in [3.63, 3.8) is 0 Å². The number of hydrogen-bond acceptors (Lipinski definition) is 4. The molecule has 2 heterocycles. The van der Waals surface area contributed by atoms with Crippen molar-refractivity contribution in [2.45, 2.75) is 24.9 Å². The minimum atomic E-state index is -0.198. The van der Waals surface area contributed by atoms with Gasteiger partial charge in [0, 0.05) is 18.2 Å². The summed E-state index contributed by atoms with van der Waals surface area (Å²) in [6.07, 6.45) is 3.12. The highest BCUT2D eigenvalue weighted by molar-refractivity contribution is 5.45. The van der Waals surface area contributed by atoms with Crippen LogP contribution in [-0.2, 0) is 0 Å². The highest BCUT2D eigenvalue weighted by atomic mass is 16.3. The van der Waals surface area contributed by atoms with Crippen LogP contribution in [0.15, 0.2) is 18.3 Å². The fourth-order valence-corrected chi connectivity index (χ4v) is 2.06. The molecule has 0 aromatic carbocycles. The third-order valence-corrected chi connectivity index (χ3v) is 3.04. The molecule has 1 aliphatic rings. The van der Waals surface area contributed by atoms with Gasteiger partial charge in [0.25, 0.3) is 0 Å². The lowest BCUT2D eigenvalue weighted by Crippen LogP contribution is -2.27. The van der Waals surface area contributed by atoms with Gasteiger partial charge in [-0.25, -0.2) is 0 Å². The highest BCUT2D eigenvalue weighted by Gasteiger charge is 2.32. The summed E-state index contributed by atoms with van der Waals surface area (Å²) < 4.78 is 1.89. The van der Waals surface area contributed by atoms with Crippen LogP contribution in [0.2, 0.25) is 0 Å². The minimum absolute atomic E-state index is 0.198. The molecule has 0 unspecified atom stereocenters.